The van der Waals surface area contributed by atoms with E-state index in [-0.39, 0.29) is 12.1 Å². The molecule has 1 unspecified atom stereocenters. The van der Waals surface area contributed by atoms with Crippen molar-refractivity contribution in [2.75, 3.05) is 5.32 Å². The number of fused-ring (bicyclic) bond motifs is 1. The van der Waals surface area contributed by atoms with Gasteiger partial charge in [-0.3, -0.25) is 15.3 Å². The number of urea groups is 1. The van der Waals surface area contributed by atoms with Crippen molar-refractivity contribution in [1.29, 1.82) is 0 Å². The van der Waals surface area contributed by atoms with Gasteiger partial charge in [-0.15, -0.1) is 0 Å². The molecule has 0 spiro atoms. The van der Waals surface area contributed by atoms with Gasteiger partial charge < -0.3 is 5.32 Å². The Balaban J connectivity index is 1.34. The van der Waals surface area contributed by atoms with Gasteiger partial charge in [-0.1, -0.05) is 30.3 Å². The molecule has 4 aromatic rings. The molecule has 0 aliphatic heterocycles. The highest BCUT2D eigenvalue weighted by Crippen LogP contribution is 2.18. The smallest absolute Gasteiger partial charge is 0.320 e. The quantitative estimate of drug-likeness (QED) is 0.462. The number of aromatic nitrogens is 4. The number of aryl methyl sites for hydroxylation is 1. The number of carbonyl (C=O) groups is 1. The minimum atomic E-state index is -0.280. The maximum atomic E-state index is 12.4. The first-order valence-corrected chi connectivity index (χ1v) is 10.3. The third-order valence-corrected chi connectivity index (χ3v) is 4.95. The fourth-order valence-corrected chi connectivity index (χ4v) is 3.33. The molecule has 2 amide bonds. The number of hydrogen-bond acceptors (Lipinski definition) is 5. The van der Waals surface area contributed by atoms with Crippen molar-refractivity contribution < 1.29 is 4.79 Å². The van der Waals surface area contributed by atoms with Crippen LogP contribution in [-0.2, 0) is 6.42 Å². The van der Waals surface area contributed by atoms with E-state index in [4.69, 9.17) is 0 Å². The fourth-order valence-electron chi connectivity index (χ4n) is 3.33. The van der Waals surface area contributed by atoms with Gasteiger partial charge in [0.2, 0.25) is 0 Å². The Morgan fingerprint density at radius 2 is 1.81 bits per heavy atom. The summed E-state index contributed by atoms with van der Waals surface area (Å²) in [5.41, 5.74) is 4.07. The molecular formula is C24H24N6O. The van der Waals surface area contributed by atoms with Crippen molar-refractivity contribution in [3.8, 4) is 11.3 Å². The minimum Gasteiger partial charge on any atom is -0.335 e. The van der Waals surface area contributed by atoms with E-state index in [0.717, 1.165) is 24.8 Å². The van der Waals surface area contributed by atoms with Gasteiger partial charge in [-0.25, -0.2) is 14.8 Å². The Hall–Kier alpha value is -3.87. The molecule has 1 atom stereocenters. The molecule has 156 valence electrons. The van der Waals surface area contributed by atoms with E-state index >= 15 is 0 Å². The van der Waals surface area contributed by atoms with E-state index in [0.29, 0.717) is 22.7 Å². The summed E-state index contributed by atoms with van der Waals surface area (Å²) < 4.78 is 0. The Kier molecular flexibility index (Phi) is 6.42. The number of hydrogen-bond donors (Lipinski definition) is 2. The summed E-state index contributed by atoms with van der Waals surface area (Å²) in [7, 11) is 0. The molecule has 3 aromatic heterocycles. The number of pyridine rings is 2. The number of rotatable bonds is 7. The van der Waals surface area contributed by atoms with Gasteiger partial charge >= 0.3 is 6.03 Å². The average Bonchev–Trinajstić information content (AvgIpc) is 2.80. The molecule has 0 bridgehead atoms. The first kappa shape index (κ1) is 20.4. The minimum absolute atomic E-state index is 0.0576. The SMILES string of the molecule is CC(CCCc1ccccc1)NC(=O)Nc1ccc2ncc(-c3ccncc3)nc2n1. The van der Waals surface area contributed by atoms with Crippen LogP contribution in [0.4, 0.5) is 10.6 Å². The molecule has 0 saturated heterocycles. The molecule has 31 heavy (non-hydrogen) atoms. The van der Waals surface area contributed by atoms with Crippen molar-refractivity contribution in [3.63, 3.8) is 0 Å². The first-order valence-electron chi connectivity index (χ1n) is 10.3. The zero-order chi connectivity index (χ0) is 21.5. The Morgan fingerprint density at radius 3 is 2.61 bits per heavy atom. The van der Waals surface area contributed by atoms with E-state index < -0.39 is 0 Å². The van der Waals surface area contributed by atoms with Crippen LogP contribution in [0.2, 0.25) is 0 Å². The molecule has 4 rings (SSSR count). The molecule has 7 nitrogen and oxygen atoms in total. The lowest BCUT2D eigenvalue weighted by molar-refractivity contribution is 0.248. The lowest BCUT2D eigenvalue weighted by Crippen LogP contribution is -2.36. The van der Waals surface area contributed by atoms with Crippen molar-refractivity contribution in [1.82, 2.24) is 25.3 Å². The number of nitrogens with zero attached hydrogens (tertiary/aromatic N) is 4. The van der Waals surface area contributed by atoms with Crippen LogP contribution in [0, 0.1) is 0 Å². The maximum Gasteiger partial charge on any atom is 0.320 e. The van der Waals surface area contributed by atoms with Crippen LogP contribution < -0.4 is 10.6 Å². The van der Waals surface area contributed by atoms with Crippen molar-refractivity contribution in [2.24, 2.45) is 0 Å². The van der Waals surface area contributed by atoms with Gasteiger partial charge in [0.15, 0.2) is 5.65 Å². The molecule has 7 heteroatoms. The molecule has 2 N–H and O–H groups in total. The Labute approximate surface area is 181 Å². The molecule has 0 saturated carbocycles. The van der Waals surface area contributed by atoms with Crippen LogP contribution in [0.25, 0.3) is 22.4 Å². The van der Waals surface area contributed by atoms with Gasteiger partial charge in [0.1, 0.15) is 11.3 Å². The summed E-state index contributed by atoms with van der Waals surface area (Å²) in [6, 6.07) is 17.4. The molecule has 0 fully saturated rings. The van der Waals surface area contributed by atoms with Crippen LogP contribution >= 0.6 is 0 Å². The third kappa shape index (κ3) is 5.60. The van der Waals surface area contributed by atoms with Crippen molar-refractivity contribution >= 4 is 23.0 Å². The van der Waals surface area contributed by atoms with Crippen LogP contribution in [0.5, 0.6) is 0 Å². The molecule has 0 aliphatic rings. The molecule has 1 aromatic carbocycles. The summed E-state index contributed by atoms with van der Waals surface area (Å²) in [5.74, 6) is 0.433. The second-order valence-corrected chi connectivity index (χ2v) is 7.41. The van der Waals surface area contributed by atoms with E-state index in [1.54, 1.807) is 30.7 Å². The highest BCUT2D eigenvalue weighted by molar-refractivity contribution is 5.89. The van der Waals surface area contributed by atoms with E-state index in [1.165, 1.54) is 5.56 Å². The summed E-state index contributed by atoms with van der Waals surface area (Å²) in [5, 5.41) is 5.76. The topological polar surface area (TPSA) is 92.7 Å². The van der Waals surface area contributed by atoms with Crippen LogP contribution in [0.15, 0.2) is 73.2 Å². The Morgan fingerprint density at radius 1 is 1.00 bits per heavy atom. The van der Waals surface area contributed by atoms with Crippen molar-refractivity contribution in [2.45, 2.75) is 32.2 Å². The van der Waals surface area contributed by atoms with Crippen LogP contribution in [0.1, 0.15) is 25.3 Å². The summed E-state index contributed by atoms with van der Waals surface area (Å²) in [4.78, 5) is 29.8. The zero-order valence-electron chi connectivity index (χ0n) is 17.3. The summed E-state index contributed by atoms with van der Waals surface area (Å²) in [6.07, 6.45) is 8.02. The molecule has 3 heterocycles. The second-order valence-electron chi connectivity index (χ2n) is 7.41. The largest absolute Gasteiger partial charge is 0.335 e. The van der Waals surface area contributed by atoms with E-state index in [2.05, 4.69) is 42.7 Å². The standard InChI is InChI=1S/C24H24N6O/c1-17(6-5-9-18-7-3-2-4-8-18)27-24(31)30-22-11-10-20-23(29-22)28-21(16-26-20)19-12-14-25-15-13-19/h2-4,7-8,10-17H,5-6,9H2,1H3,(H2,27,28,29,30,31). The summed E-state index contributed by atoms with van der Waals surface area (Å²) >= 11 is 0. The number of benzene rings is 1. The van der Waals surface area contributed by atoms with Gasteiger partial charge in [0.05, 0.1) is 11.9 Å². The molecular weight excluding hydrogens is 388 g/mol. The highest BCUT2D eigenvalue weighted by Gasteiger charge is 2.10. The second kappa shape index (κ2) is 9.75. The van der Waals surface area contributed by atoms with Crippen LogP contribution in [0.3, 0.4) is 0 Å². The molecule has 0 radical (unpaired) electrons. The Bertz CT molecular complexity index is 1150. The fraction of sp³-hybridized carbons (Fsp3) is 0.208. The van der Waals surface area contributed by atoms with Gasteiger partial charge in [0.25, 0.3) is 0 Å². The molecule has 0 aliphatic carbocycles. The van der Waals surface area contributed by atoms with Crippen molar-refractivity contribution in [3.05, 3.63) is 78.8 Å². The predicted molar refractivity (Wildman–Crippen MR) is 122 cm³/mol. The number of carbonyl (C=O) groups excluding carboxylic acids is 1. The zero-order valence-corrected chi connectivity index (χ0v) is 17.3. The van der Waals surface area contributed by atoms with E-state index in [1.807, 2.05) is 37.3 Å². The monoisotopic (exact) mass is 412 g/mol. The van der Waals surface area contributed by atoms with Gasteiger partial charge in [-0.2, -0.15) is 0 Å². The maximum absolute atomic E-state index is 12.4. The number of nitrogens with one attached hydrogen (secondary N) is 2. The lowest BCUT2D eigenvalue weighted by Gasteiger charge is -2.14. The highest BCUT2D eigenvalue weighted by atomic mass is 16.2. The normalized spacial score (nSPS) is 11.8. The summed E-state index contributed by atoms with van der Waals surface area (Å²) in [6.45, 7) is 2.00. The number of anilines is 1. The van der Waals surface area contributed by atoms with E-state index in [9.17, 15) is 4.79 Å². The van der Waals surface area contributed by atoms with Crippen LogP contribution in [-0.4, -0.2) is 32.0 Å². The third-order valence-electron chi connectivity index (χ3n) is 4.95. The lowest BCUT2D eigenvalue weighted by atomic mass is 10.1. The number of amides is 2. The van der Waals surface area contributed by atoms with Gasteiger partial charge in [0, 0.05) is 24.0 Å². The predicted octanol–water partition coefficient (Wildman–Crippen LogP) is 4.62. The first-order chi connectivity index (χ1) is 15.2. The van der Waals surface area contributed by atoms with Gasteiger partial charge in [-0.05, 0) is 56.0 Å². The average molecular weight is 412 g/mol.